The van der Waals surface area contributed by atoms with Gasteiger partial charge in [-0.05, 0) is 42.0 Å². The maximum Gasteiger partial charge on any atom is 0.227 e. The molecule has 1 unspecified atom stereocenters. The first-order chi connectivity index (χ1) is 14.7. The zero-order valence-corrected chi connectivity index (χ0v) is 18.1. The van der Waals surface area contributed by atoms with Gasteiger partial charge < -0.3 is 18.9 Å². The van der Waals surface area contributed by atoms with Gasteiger partial charge in [-0.2, -0.15) is 0 Å². The lowest BCUT2D eigenvalue weighted by molar-refractivity contribution is -0.133. The molecular weight excluding hydrogens is 400 g/mol. The molecule has 6 nitrogen and oxygen atoms in total. The fraction of sp³-hybridized carbons (Fsp3) is 0.391. The number of methoxy groups -OCH3 is 2. The number of hydrogen-bond acceptors (Lipinski definition) is 6. The van der Waals surface area contributed by atoms with Gasteiger partial charge in [0.1, 0.15) is 5.69 Å². The lowest BCUT2D eigenvalue weighted by Crippen LogP contribution is -2.36. The molecule has 7 heteroatoms. The smallest absolute Gasteiger partial charge is 0.227 e. The summed E-state index contributed by atoms with van der Waals surface area (Å²) in [5.41, 5.74) is 1.74. The SMILES string of the molecule is COc1ccc(CC(=O)N2CCCCCC2c2cc(-c3cccs3)on2)cc1OC. The summed E-state index contributed by atoms with van der Waals surface area (Å²) in [6.45, 7) is 0.734. The molecule has 1 fully saturated rings. The van der Waals surface area contributed by atoms with Crippen LogP contribution in [0.25, 0.3) is 10.6 Å². The van der Waals surface area contributed by atoms with Crippen LogP contribution in [-0.2, 0) is 11.2 Å². The molecule has 2 aromatic heterocycles. The van der Waals surface area contributed by atoms with Crippen LogP contribution in [0.15, 0.2) is 46.3 Å². The van der Waals surface area contributed by atoms with Crippen LogP contribution in [0, 0.1) is 0 Å². The Bertz CT molecular complexity index is 983. The standard InChI is InChI=1S/C23H26N2O4S/c1-27-19-10-9-16(13-20(19)28-2)14-23(26)25-11-5-3-4-7-18(25)17-15-21(29-24-17)22-8-6-12-30-22/h6,8-10,12-13,15,18H,3-5,7,11,14H2,1-2H3. The molecule has 0 N–H and O–H groups in total. The zero-order valence-electron chi connectivity index (χ0n) is 17.3. The van der Waals surface area contributed by atoms with Crippen molar-refractivity contribution in [3.05, 3.63) is 53.0 Å². The lowest BCUT2D eigenvalue weighted by Gasteiger charge is -2.28. The molecule has 1 aliphatic heterocycles. The number of aromatic nitrogens is 1. The van der Waals surface area contributed by atoms with Gasteiger partial charge >= 0.3 is 0 Å². The molecule has 0 aliphatic carbocycles. The van der Waals surface area contributed by atoms with Gasteiger partial charge in [-0.15, -0.1) is 11.3 Å². The third-order valence-electron chi connectivity index (χ3n) is 5.51. The first-order valence-corrected chi connectivity index (χ1v) is 11.1. The van der Waals surface area contributed by atoms with E-state index in [9.17, 15) is 4.79 Å². The van der Waals surface area contributed by atoms with E-state index < -0.39 is 0 Å². The van der Waals surface area contributed by atoms with Crippen molar-refractivity contribution in [3.8, 4) is 22.1 Å². The highest BCUT2D eigenvalue weighted by atomic mass is 32.1. The van der Waals surface area contributed by atoms with E-state index in [0.29, 0.717) is 17.9 Å². The number of thiophene rings is 1. The van der Waals surface area contributed by atoms with Crippen molar-refractivity contribution in [2.24, 2.45) is 0 Å². The number of nitrogens with zero attached hydrogens (tertiary/aromatic N) is 2. The fourth-order valence-electron chi connectivity index (χ4n) is 3.96. The summed E-state index contributed by atoms with van der Waals surface area (Å²) in [5.74, 6) is 2.14. The van der Waals surface area contributed by atoms with Crippen molar-refractivity contribution in [2.75, 3.05) is 20.8 Å². The molecule has 30 heavy (non-hydrogen) atoms. The lowest BCUT2D eigenvalue weighted by atomic mass is 10.0. The first-order valence-electron chi connectivity index (χ1n) is 10.2. The van der Waals surface area contributed by atoms with Gasteiger partial charge in [0.2, 0.25) is 5.91 Å². The monoisotopic (exact) mass is 426 g/mol. The predicted octanol–water partition coefficient (Wildman–Crippen LogP) is 5.11. The Morgan fingerprint density at radius 1 is 1.17 bits per heavy atom. The summed E-state index contributed by atoms with van der Waals surface area (Å²) in [5, 5.41) is 6.34. The van der Waals surface area contributed by atoms with Crippen molar-refractivity contribution in [2.45, 2.75) is 38.1 Å². The summed E-state index contributed by atoms with van der Waals surface area (Å²) in [6, 6.07) is 11.6. The van der Waals surface area contributed by atoms with E-state index in [4.69, 9.17) is 14.0 Å². The quantitative estimate of drug-likeness (QED) is 0.548. The van der Waals surface area contributed by atoms with Crippen LogP contribution < -0.4 is 9.47 Å². The molecule has 0 radical (unpaired) electrons. The van der Waals surface area contributed by atoms with Crippen molar-refractivity contribution in [3.63, 3.8) is 0 Å². The Hall–Kier alpha value is -2.80. The molecule has 1 amide bonds. The summed E-state index contributed by atoms with van der Waals surface area (Å²) in [7, 11) is 3.21. The molecule has 3 heterocycles. The van der Waals surface area contributed by atoms with Gasteiger partial charge in [0.15, 0.2) is 17.3 Å². The van der Waals surface area contributed by atoms with Crippen LogP contribution in [0.2, 0.25) is 0 Å². The van der Waals surface area contributed by atoms with E-state index in [0.717, 1.165) is 54.1 Å². The number of likely N-dealkylation sites (tertiary alicyclic amines) is 1. The highest BCUT2D eigenvalue weighted by Crippen LogP contribution is 2.34. The van der Waals surface area contributed by atoms with Crippen LogP contribution in [0.3, 0.4) is 0 Å². The Morgan fingerprint density at radius 3 is 2.80 bits per heavy atom. The minimum Gasteiger partial charge on any atom is -0.493 e. The molecule has 158 valence electrons. The minimum atomic E-state index is -0.0578. The molecule has 4 rings (SSSR count). The second-order valence-electron chi connectivity index (χ2n) is 7.41. The summed E-state index contributed by atoms with van der Waals surface area (Å²) >= 11 is 1.62. The number of amides is 1. The summed E-state index contributed by atoms with van der Waals surface area (Å²) in [6.07, 6.45) is 4.41. The van der Waals surface area contributed by atoms with Crippen molar-refractivity contribution >= 4 is 17.2 Å². The second kappa shape index (κ2) is 9.34. The van der Waals surface area contributed by atoms with Crippen LogP contribution >= 0.6 is 11.3 Å². The van der Waals surface area contributed by atoms with E-state index >= 15 is 0 Å². The Kier molecular flexibility index (Phi) is 6.38. The van der Waals surface area contributed by atoms with Crippen molar-refractivity contribution in [1.29, 1.82) is 0 Å². The number of ether oxygens (including phenoxy) is 2. The third-order valence-corrected chi connectivity index (χ3v) is 6.39. The average molecular weight is 427 g/mol. The minimum absolute atomic E-state index is 0.0578. The largest absolute Gasteiger partial charge is 0.493 e. The molecule has 0 bridgehead atoms. The van der Waals surface area contributed by atoms with E-state index in [-0.39, 0.29) is 11.9 Å². The molecule has 1 saturated heterocycles. The molecular formula is C23H26N2O4S. The third kappa shape index (κ3) is 4.36. The van der Waals surface area contributed by atoms with Gasteiger partial charge in [0.05, 0.1) is 31.6 Å². The first kappa shape index (κ1) is 20.5. The topological polar surface area (TPSA) is 64.8 Å². The maximum absolute atomic E-state index is 13.3. The average Bonchev–Trinajstić information content (AvgIpc) is 3.41. The molecule has 0 spiro atoms. The number of benzene rings is 1. The molecule has 1 atom stereocenters. The van der Waals surface area contributed by atoms with Crippen LogP contribution in [0.4, 0.5) is 0 Å². The van der Waals surface area contributed by atoms with Gasteiger partial charge in [-0.1, -0.05) is 30.1 Å². The van der Waals surface area contributed by atoms with Gasteiger partial charge in [0.25, 0.3) is 0 Å². The predicted molar refractivity (Wildman–Crippen MR) is 116 cm³/mol. The Labute approximate surface area is 180 Å². The van der Waals surface area contributed by atoms with Gasteiger partial charge in [-0.25, -0.2) is 0 Å². The van der Waals surface area contributed by atoms with Crippen molar-refractivity contribution < 1.29 is 18.8 Å². The Morgan fingerprint density at radius 2 is 2.03 bits per heavy atom. The van der Waals surface area contributed by atoms with E-state index in [1.165, 1.54) is 0 Å². The van der Waals surface area contributed by atoms with E-state index in [1.54, 1.807) is 25.6 Å². The number of rotatable bonds is 6. The normalized spacial score (nSPS) is 16.9. The summed E-state index contributed by atoms with van der Waals surface area (Å²) < 4.78 is 16.3. The highest BCUT2D eigenvalue weighted by Gasteiger charge is 2.29. The Balaban J connectivity index is 1.55. The number of carbonyl (C=O) groups excluding carboxylic acids is 1. The maximum atomic E-state index is 13.3. The van der Waals surface area contributed by atoms with E-state index in [2.05, 4.69) is 5.16 Å². The molecule has 1 aromatic carbocycles. The fourth-order valence-corrected chi connectivity index (χ4v) is 4.64. The van der Waals surface area contributed by atoms with Gasteiger partial charge in [0, 0.05) is 12.6 Å². The summed E-state index contributed by atoms with van der Waals surface area (Å²) in [4.78, 5) is 16.3. The zero-order chi connectivity index (χ0) is 20.9. The number of carbonyl (C=O) groups is 1. The molecule has 3 aromatic rings. The van der Waals surface area contributed by atoms with Crippen molar-refractivity contribution in [1.82, 2.24) is 10.1 Å². The van der Waals surface area contributed by atoms with E-state index in [1.807, 2.05) is 46.7 Å². The second-order valence-corrected chi connectivity index (χ2v) is 8.36. The van der Waals surface area contributed by atoms with Crippen LogP contribution in [0.1, 0.15) is 43.0 Å². The van der Waals surface area contributed by atoms with Gasteiger partial charge in [-0.3, -0.25) is 4.79 Å². The van der Waals surface area contributed by atoms with Crippen LogP contribution in [-0.4, -0.2) is 36.7 Å². The highest BCUT2D eigenvalue weighted by molar-refractivity contribution is 7.13. The number of hydrogen-bond donors (Lipinski definition) is 0. The molecule has 0 saturated carbocycles. The van der Waals surface area contributed by atoms with Crippen LogP contribution in [0.5, 0.6) is 11.5 Å². The molecule has 1 aliphatic rings.